The quantitative estimate of drug-likeness (QED) is 0.554. The maximum atomic E-state index is 12.4. The van der Waals surface area contributed by atoms with Crippen molar-refractivity contribution < 1.29 is 9.59 Å². The fourth-order valence-electron chi connectivity index (χ4n) is 3.21. The first-order valence-corrected chi connectivity index (χ1v) is 9.75. The number of Topliss-reactive ketones (excluding diaryl/α,β-unsaturated/α-hetero) is 1. The molecule has 0 bridgehead atoms. The van der Waals surface area contributed by atoms with Gasteiger partial charge in [-0.2, -0.15) is 0 Å². The molecule has 0 aliphatic heterocycles. The van der Waals surface area contributed by atoms with E-state index >= 15 is 0 Å². The van der Waals surface area contributed by atoms with Gasteiger partial charge in [0.2, 0.25) is 5.91 Å². The predicted octanol–water partition coefficient (Wildman–Crippen LogP) is 4.64. The van der Waals surface area contributed by atoms with Crippen molar-refractivity contribution in [3.8, 4) is 11.1 Å². The second-order valence-electron chi connectivity index (χ2n) is 7.02. The Labute approximate surface area is 171 Å². The Morgan fingerprint density at radius 2 is 1.90 bits per heavy atom. The van der Waals surface area contributed by atoms with Gasteiger partial charge in [-0.05, 0) is 54.3 Å². The number of rotatable bonds is 7. The number of carbonyl (C=O) groups excluding carboxylic acids is 2. The van der Waals surface area contributed by atoms with E-state index in [-0.39, 0.29) is 11.7 Å². The van der Waals surface area contributed by atoms with Gasteiger partial charge in [0.1, 0.15) is 5.69 Å². The van der Waals surface area contributed by atoms with Crippen molar-refractivity contribution >= 4 is 17.4 Å². The number of carbonyl (C=O) groups is 2. The summed E-state index contributed by atoms with van der Waals surface area (Å²) in [6.07, 6.45) is 6.77. The van der Waals surface area contributed by atoms with Crippen LogP contribution < -0.4 is 4.90 Å². The smallest absolute Gasteiger partial charge is 0.226 e. The van der Waals surface area contributed by atoms with E-state index in [9.17, 15) is 9.59 Å². The van der Waals surface area contributed by atoms with Crippen LogP contribution in [0.5, 0.6) is 0 Å². The van der Waals surface area contributed by atoms with Crippen molar-refractivity contribution in [1.82, 2.24) is 9.97 Å². The van der Waals surface area contributed by atoms with Crippen LogP contribution >= 0.6 is 0 Å². The summed E-state index contributed by atoms with van der Waals surface area (Å²) < 4.78 is 0. The van der Waals surface area contributed by atoms with Crippen molar-refractivity contribution in [2.45, 2.75) is 33.1 Å². The number of benzene rings is 1. The molecular formula is C24H25N3O2. The van der Waals surface area contributed by atoms with Gasteiger partial charge in [0.05, 0.1) is 0 Å². The molecule has 0 saturated carbocycles. The van der Waals surface area contributed by atoms with Gasteiger partial charge in [-0.1, -0.05) is 25.1 Å². The number of anilines is 1. The van der Waals surface area contributed by atoms with E-state index in [2.05, 4.69) is 9.97 Å². The summed E-state index contributed by atoms with van der Waals surface area (Å²) in [6.45, 7) is 3.86. The van der Waals surface area contributed by atoms with Crippen molar-refractivity contribution in [2.24, 2.45) is 0 Å². The lowest BCUT2D eigenvalue weighted by Crippen LogP contribution is -2.25. The van der Waals surface area contributed by atoms with Gasteiger partial charge in [-0.15, -0.1) is 0 Å². The molecule has 0 radical (unpaired) electrons. The third kappa shape index (κ3) is 4.93. The topological polar surface area (TPSA) is 63.2 Å². The SMILES string of the molecule is CCC(=O)N(C)c1ccc(-c2ccc(C(=O)CCc3cccnc3)nc2)c(C)c1. The minimum Gasteiger partial charge on any atom is -0.316 e. The normalized spacial score (nSPS) is 10.6. The van der Waals surface area contributed by atoms with Crippen molar-refractivity contribution in [1.29, 1.82) is 0 Å². The largest absolute Gasteiger partial charge is 0.316 e. The molecule has 0 atom stereocenters. The zero-order chi connectivity index (χ0) is 20.8. The van der Waals surface area contributed by atoms with Crippen LogP contribution in [-0.2, 0) is 11.2 Å². The molecule has 29 heavy (non-hydrogen) atoms. The molecule has 148 valence electrons. The second kappa shape index (κ2) is 9.24. The van der Waals surface area contributed by atoms with Crippen LogP contribution in [0.25, 0.3) is 11.1 Å². The van der Waals surface area contributed by atoms with Gasteiger partial charge in [0.25, 0.3) is 0 Å². The number of aryl methyl sites for hydroxylation is 2. The lowest BCUT2D eigenvalue weighted by atomic mass is 10.00. The summed E-state index contributed by atoms with van der Waals surface area (Å²) in [5.74, 6) is 0.0974. The molecule has 3 rings (SSSR count). The van der Waals surface area contributed by atoms with Gasteiger partial charge in [0, 0.05) is 49.7 Å². The molecule has 2 aromatic heterocycles. The third-order valence-corrected chi connectivity index (χ3v) is 5.00. The van der Waals surface area contributed by atoms with E-state index in [0.717, 1.165) is 27.9 Å². The van der Waals surface area contributed by atoms with Crippen LogP contribution in [0.4, 0.5) is 5.69 Å². The first-order valence-electron chi connectivity index (χ1n) is 9.75. The minimum absolute atomic E-state index is 0.0205. The molecule has 0 fully saturated rings. The number of pyridine rings is 2. The maximum absolute atomic E-state index is 12.4. The first-order chi connectivity index (χ1) is 14.0. The number of hydrogen-bond donors (Lipinski definition) is 0. The molecule has 0 N–H and O–H groups in total. The summed E-state index contributed by atoms with van der Waals surface area (Å²) >= 11 is 0. The predicted molar refractivity (Wildman–Crippen MR) is 115 cm³/mol. The molecular weight excluding hydrogens is 362 g/mol. The number of nitrogens with zero attached hydrogens (tertiary/aromatic N) is 3. The monoisotopic (exact) mass is 387 g/mol. The average Bonchev–Trinajstić information content (AvgIpc) is 2.77. The highest BCUT2D eigenvalue weighted by atomic mass is 16.2. The molecule has 0 aliphatic carbocycles. The molecule has 2 heterocycles. The number of amides is 1. The second-order valence-corrected chi connectivity index (χ2v) is 7.02. The van der Waals surface area contributed by atoms with E-state index in [1.807, 2.05) is 50.2 Å². The summed E-state index contributed by atoms with van der Waals surface area (Å²) in [5, 5.41) is 0. The van der Waals surface area contributed by atoms with Gasteiger partial charge >= 0.3 is 0 Å². The number of hydrogen-bond acceptors (Lipinski definition) is 4. The third-order valence-electron chi connectivity index (χ3n) is 5.00. The highest BCUT2D eigenvalue weighted by Gasteiger charge is 2.12. The number of aromatic nitrogens is 2. The Morgan fingerprint density at radius 1 is 1.07 bits per heavy atom. The zero-order valence-corrected chi connectivity index (χ0v) is 17.1. The molecule has 0 unspecified atom stereocenters. The van der Waals surface area contributed by atoms with Crippen LogP contribution in [-0.4, -0.2) is 28.7 Å². The molecule has 1 aromatic carbocycles. The van der Waals surface area contributed by atoms with Crippen LogP contribution in [0, 0.1) is 6.92 Å². The van der Waals surface area contributed by atoms with Crippen LogP contribution in [0.3, 0.4) is 0 Å². The van der Waals surface area contributed by atoms with Crippen LogP contribution in [0.15, 0.2) is 61.1 Å². The van der Waals surface area contributed by atoms with E-state index in [4.69, 9.17) is 0 Å². The lowest BCUT2D eigenvalue weighted by Gasteiger charge is -2.18. The molecule has 5 heteroatoms. The average molecular weight is 387 g/mol. The summed E-state index contributed by atoms with van der Waals surface area (Å²) in [4.78, 5) is 34.4. The Morgan fingerprint density at radius 3 is 2.52 bits per heavy atom. The van der Waals surface area contributed by atoms with Crippen molar-refractivity contribution in [2.75, 3.05) is 11.9 Å². The Kier molecular flexibility index (Phi) is 6.50. The fraction of sp³-hybridized carbons (Fsp3) is 0.250. The van der Waals surface area contributed by atoms with E-state index in [1.165, 1.54) is 0 Å². The van der Waals surface area contributed by atoms with Crippen LogP contribution in [0.1, 0.15) is 41.4 Å². The van der Waals surface area contributed by atoms with Crippen LogP contribution in [0.2, 0.25) is 0 Å². The summed E-state index contributed by atoms with van der Waals surface area (Å²) in [6, 6.07) is 13.5. The molecule has 0 saturated heterocycles. The van der Waals surface area contributed by atoms with E-state index in [0.29, 0.717) is 25.0 Å². The standard InChI is InChI=1S/C24H25N3O2/c1-4-24(29)27(3)20-9-10-21(17(2)14-20)19-8-11-22(26-16-19)23(28)12-7-18-6-5-13-25-15-18/h5-6,8-11,13-16H,4,7,12H2,1-3H3. The molecule has 5 nitrogen and oxygen atoms in total. The fourth-order valence-corrected chi connectivity index (χ4v) is 3.21. The van der Waals surface area contributed by atoms with Gasteiger partial charge < -0.3 is 4.90 Å². The van der Waals surface area contributed by atoms with Gasteiger partial charge in [-0.3, -0.25) is 19.6 Å². The highest BCUT2D eigenvalue weighted by molar-refractivity contribution is 5.95. The molecule has 1 amide bonds. The van der Waals surface area contributed by atoms with Gasteiger partial charge in [0.15, 0.2) is 5.78 Å². The van der Waals surface area contributed by atoms with Gasteiger partial charge in [-0.25, -0.2) is 0 Å². The molecule has 0 spiro atoms. The number of ketones is 1. The first kappa shape index (κ1) is 20.4. The lowest BCUT2D eigenvalue weighted by molar-refractivity contribution is -0.118. The highest BCUT2D eigenvalue weighted by Crippen LogP contribution is 2.27. The Hall–Kier alpha value is -3.34. The van der Waals surface area contributed by atoms with E-state index < -0.39 is 0 Å². The van der Waals surface area contributed by atoms with E-state index in [1.54, 1.807) is 36.6 Å². The molecule has 0 aliphatic rings. The van der Waals surface area contributed by atoms with Crippen molar-refractivity contribution in [3.63, 3.8) is 0 Å². The van der Waals surface area contributed by atoms with Crippen molar-refractivity contribution in [3.05, 3.63) is 77.9 Å². The zero-order valence-electron chi connectivity index (χ0n) is 17.1. The summed E-state index contributed by atoms with van der Waals surface area (Å²) in [5.41, 5.74) is 5.42. The Bertz CT molecular complexity index is 998. The summed E-state index contributed by atoms with van der Waals surface area (Å²) in [7, 11) is 1.79. The maximum Gasteiger partial charge on any atom is 0.226 e. The Balaban J connectivity index is 1.71. The minimum atomic E-state index is 0.0205. The molecule has 3 aromatic rings.